The predicted octanol–water partition coefficient (Wildman–Crippen LogP) is 4.05. The Balaban J connectivity index is 1.98. The number of carbonyl (C=O) groups excluding carboxylic acids is 2. The van der Waals surface area contributed by atoms with Crippen molar-refractivity contribution < 1.29 is 14.3 Å². The van der Waals surface area contributed by atoms with Gasteiger partial charge in [-0.1, -0.05) is 45.0 Å². The van der Waals surface area contributed by atoms with Gasteiger partial charge in [0, 0.05) is 12.6 Å². The van der Waals surface area contributed by atoms with Crippen LogP contribution in [0.15, 0.2) is 29.8 Å². The molecule has 1 amide bonds. The maximum atomic E-state index is 12.4. The zero-order valence-corrected chi connectivity index (χ0v) is 16.4. The first-order valence-electron chi connectivity index (χ1n) is 9.64. The van der Waals surface area contributed by atoms with Crippen molar-refractivity contribution in [3.63, 3.8) is 0 Å². The zero-order valence-electron chi connectivity index (χ0n) is 16.4. The van der Waals surface area contributed by atoms with Crippen molar-refractivity contribution in [1.29, 1.82) is 5.26 Å². The van der Waals surface area contributed by atoms with Crippen LogP contribution in [0.5, 0.6) is 0 Å². The molecule has 1 aromatic carbocycles. The molecular formula is C22H28N2O3. The highest BCUT2D eigenvalue weighted by Crippen LogP contribution is 2.20. The summed E-state index contributed by atoms with van der Waals surface area (Å²) in [5, 5.41) is 9.28. The van der Waals surface area contributed by atoms with Crippen LogP contribution in [0.25, 0.3) is 6.08 Å². The monoisotopic (exact) mass is 368 g/mol. The summed E-state index contributed by atoms with van der Waals surface area (Å²) in [4.78, 5) is 26.4. The number of nitrogens with zero attached hydrogens (tertiary/aromatic N) is 2. The first-order valence-corrected chi connectivity index (χ1v) is 9.64. The predicted molar refractivity (Wildman–Crippen MR) is 105 cm³/mol. The lowest BCUT2D eigenvalue weighted by Crippen LogP contribution is -2.45. The van der Waals surface area contributed by atoms with Crippen LogP contribution in [0.2, 0.25) is 0 Å². The van der Waals surface area contributed by atoms with Gasteiger partial charge in [-0.05, 0) is 48.8 Å². The normalized spacial score (nSPS) is 17.5. The largest absolute Gasteiger partial charge is 0.451 e. The number of nitriles is 1. The van der Waals surface area contributed by atoms with E-state index >= 15 is 0 Å². The van der Waals surface area contributed by atoms with Crippen molar-refractivity contribution >= 4 is 18.0 Å². The zero-order chi connectivity index (χ0) is 19.8. The summed E-state index contributed by atoms with van der Waals surface area (Å²) in [6.45, 7) is 6.65. The van der Waals surface area contributed by atoms with Gasteiger partial charge in [0.1, 0.15) is 11.6 Å². The fourth-order valence-corrected chi connectivity index (χ4v) is 3.32. The van der Waals surface area contributed by atoms with Crippen LogP contribution in [0, 0.1) is 11.3 Å². The molecule has 0 unspecified atom stereocenters. The van der Waals surface area contributed by atoms with Crippen molar-refractivity contribution in [2.24, 2.45) is 0 Å². The van der Waals surface area contributed by atoms with E-state index in [1.807, 2.05) is 30.3 Å². The van der Waals surface area contributed by atoms with Gasteiger partial charge in [-0.3, -0.25) is 4.79 Å². The number of esters is 1. The van der Waals surface area contributed by atoms with E-state index in [-0.39, 0.29) is 24.1 Å². The molecule has 27 heavy (non-hydrogen) atoms. The molecule has 2 rings (SSSR count). The SMILES string of the molecule is CC[C@H]1CCCCN1C(=O)COC(=O)/C(C#N)=C/c1ccc(C(C)C)cc1. The molecule has 0 aliphatic carbocycles. The minimum absolute atomic E-state index is 0.106. The van der Waals surface area contributed by atoms with Crippen LogP contribution in [0.3, 0.4) is 0 Å². The van der Waals surface area contributed by atoms with E-state index in [4.69, 9.17) is 4.74 Å². The summed E-state index contributed by atoms with van der Waals surface area (Å²) in [6.07, 6.45) is 5.48. The summed E-state index contributed by atoms with van der Waals surface area (Å²) < 4.78 is 5.12. The first-order chi connectivity index (χ1) is 13.0. The molecule has 1 atom stereocenters. The molecule has 0 aromatic heterocycles. The number of likely N-dealkylation sites (tertiary alicyclic amines) is 1. The lowest BCUT2D eigenvalue weighted by molar-refractivity contribution is -0.150. The van der Waals surface area contributed by atoms with E-state index in [9.17, 15) is 14.9 Å². The van der Waals surface area contributed by atoms with Gasteiger partial charge in [-0.25, -0.2) is 4.79 Å². The minimum Gasteiger partial charge on any atom is -0.451 e. The minimum atomic E-state index is -0.760. The van der Waals surface area contributed by atoms with E-state index in [1.165, 1.54) is 11.6 Å². The number of carbonyl (C=O) groups is 2. The van der Waals surface area contributed by atoms with Gasteiger partial charge in [0.2, 0.25) is 0 Å². The smallest absolute Gasteiger partial charge is 0.349 e. The Morgan fingerprint density at radius 2 is 2.00 bits per heavy atom. The molecule has 144 valence electrons. The van der Waals surface area contributed by atoms with Crippen molar-refractivity contribution in [2.75, 3.05) is 13.2 Å². The number of hydrogen-bond acceptors (Lipinski definition) is 4. The highest BCUT2D eigenvalue weighted by molar-refractivity contribution is 5.98. The molecular weight excluding hydrogens is 340 g/mol. The van der Waals surface area contributed by atoms with Crippen LogP contribution in [0.1, 0.15) is 63.5 Å². The van der Waals surface area contributed by atoms with E-state index in [0.29, 0.717) is 12.5 Å². The Kier molecular flexibility index (Phi) is 7.60. The van der Waals surface area contributed by atoms with Gasteiger partial charge in [0.15, 0.2) is 6.61 Å². The standard InChI is InChI=1S/C22H28N2O3/c1-4-20-7-5-6-12-24(20)21(25)15-27-22(26)19(14-23)13-17-8-10-18(11-9-17)16(2)3/h8-11,13,16,20H,4-7,12,15H2,1-3H3/b19-13+/t20-/m0/s1. The molecule has 1 aliphatic heterocycles. The molecule has 1 saturated heterocycles. The molecule has 1 aromatic rings. The molecule has 0 N–H and O–H groups in total. The van der Waals surface area contributed by atoms with Gasteiger partial charge < -0.3 is 9.64 Å². The Hall–Kier alpha value is -2.61. The third-order valence-corrected chi connectivity index (χ3v) is 5.00. The number of benzene rings is 1. The van der Waals surface area contributed by atoms with Crippen LogP contribution in [-0.2, 0) is 14.3 Å². The highest BCUT2D eigenvalue weighted by atomic mass is 16.5. The molecule has 5 nitrogen and oxygen atoms in total. The average molecular weight is 368 g/mol. The molecule has 0 radical (unpaired) electrons. The van der Waals surface area contributed by atoms with Crippen LogP contribution in [0.4, 0.5) is 0 Å². The Morgan fingerprint density at radius 3 is 2.59 bits per heavy atom. The number of ether oxygens (including phenoxy) is 1. The van der Waals surface area contributed by atoms with Gasteiger partial charge in [-0.2, -0.15) is 5.26 Å². The highest BCUT2D eigenvalue weighted by Gasteiger charge is 2.26. The summed E-state index contributed by atoms with van der Waals surface area (Å²) in [6, 6.07) is 9.77. The molecule has 1 heterocycles. The first kappa shape index (κ1) is 20.7. The second-order valence-electron chi connectivity index (χ2n) is 7.21. The van der Waals surface area contributed by atoms with Crippen LogP contribution >= 0.6 is 0 Å². The second-order valence-corrected chi connectivity index (χ2v) is 7.21. The van der Waals surface area contributed by atoms with Gasteiger partial charge in [0.05, 0.1) is 0 Å². The molecule has 0 bridgehead atoms. The molecule has 0 saturated carbocycles. The summed E-state index contributed by atoms with van der Waals surface area (Å²) in [5.41, 5.74) is 1.83. The van der Waals surface area contributed by atoms with Crippen molar-refractivity contribution in [2.45, 2.75) is 58.4 Å². The Morgan fingerprint density at radius 1 is 1.30 bits per heavy atom. The van der Waals surface area contributed by atoms with E-state index in [0.717, 1.165) is 31.2 Å². The van der Waals surface area contributed by atoms with Gasteiger partial charge in [-0.15, -0.1) is 0 Å². The molecule has 0 spiro atoms. The van der Waals surface area contributed by atoms with E-state index < -0.39 is 5.97 Å². The molecule has 5 heteroatoms. The topological polar surface area (TPSA) is 70.4 Å². The van der Waals surface area contributed by atoms with Crippen molar-refractivity contribution in [3.8, 4) is 6.07 Å². The van der Waals surface area contributed by atoms with Crippen LogP contribution < -0.4 is 0 Å². The summed E-state index contributed by atoms with van der Waals surface area (Å²) in [5.74, 6) is -0.534. The van der Waals surface area contributed by atoms with E-state index in [1.54, 1.807) is 4.90 Å². The van der Waals surface area contributed by atoms with E-state index in [2.05, 4.69) is 20.8 Å². The van der Waals surface area contributed by atoms with Gasteiger partial charge >= 0.3 is 5.97 Å². The Labute approximate surface area is 161 Å². The maximum Gasteiger partial charge on any atom is 0.349 e. The number of piperidine rings is 1. The Bertz CT molecular complexity index is 729. The fourth-order valence-electron chi connectivity index (χ4n) is 3.32. The maximum absolute atomic E-state index is 12.4. The summed E-state index contributed by atoms with van der Waals surface area (Å²) >= 11 is 0. The quantitative estimate of drug-likeness (QED) is 0.431. The molecule has 1 fully saturated rings. The van der Waals surface area contributed by atoms with Gasteiger partial charge in [0.25, 0.3) is 5.91 Å². The summed E-state index contributed by atoms with van der Waals surface area (Å²) in [7, 11) is 0. The fraction of sp³-hybridized carbons (Fsp3) is 0.500. The lowest BCUT2D eigenvalue weighted by atomic mass is 10.00. The van der Waals surface area contributed by atoms with Crippen molar-refractivity contribution in [3.05, 3.63) is 41.0 Å². The lowest BCUT2D eigenvalue weighted by Gasteiger charge is -2.35. The molecule has 1 aliphatic rings. The van der Waals surface area contributed by atoms with Crippen molar-refractivity contribution in [1.82, 2.24) is 4.90 Å². The second kappa shape index (κ2) is 9.91. The third-order valence-electron chi connectivity index (χ3n) is 5.00. The number of rotatable bonds is 6. The number of hydrogen-bond donors (Lipinski definition) is 0. The third kappa shape index (κ3) is 5.68. The average Bonchev–Trinajstić information content (AvgIpc) is 2.70. The van der Waals surface area contributed by atoms with Crippen LogP contribution in [-0.4, -0.2) is 36.0 Å². The number of amides is 1.